The number of anilines is 1. The van der Waals surface area contributed by atoms with Gasteiger partial charge < -0.3 is 5.32 Å². The van der Waals surface area contributed by atoms with Gasteiger partial charge in [0.15, 0.2) is 5.13 Å². The molecule has 0 bridgehead atoms. The highest BCUT2D eigenvalue weighted by atomic mass is 32.1. The third-order valence-electron chi connectivity index (χ3n) is 1.31. The summed E-state index contributed by atoms with van der Waals surface area (Å²) in [4.78, 5) is 4.33. The molecular formula is C8H12N2S. The highest BCUT2D eigenvalue weighted by Crippen LogP contribution is 2.14. The van der Waals surface area contributed by atoms with Gasteiger partial charge in [-0.25, -0.2) is 4.98 Å². The summed E-state index contributed by atoms with van der Waals surface area (Å²) in [5, 5.41) is 6.20. The molecule has 0 aliphatic rings. The summed E-state index contributed by atoms with van der Waals surface area (Å²) < 4.78 is 0. The molecule has 2 nitrogen and oxygen atoms in total. The van der Waals surface area contributed by atoms with E-state index in [1.807, 2.05) is 6.08 Å². The van der Waals surface area contributed by atoms with Crippen LogP contribution >= 0.6 is 11.3 Å². The van der Waals surface area contributed by atoms with Crippen LogP contribution in [0.5, 0.6) is 0 Å². The number of hydrogen-bond donors (Lipinski definition) is 1. The van der Waals surface area contributed by atoms with Crippen molar-refractivity contribution in [2.45, 2.75) is 13.3 Å². The Bertz CT molecular complexity index is 230. The zero-order valence-electron chi connectivity index (χ0n) is 6.63. The lowest BCUT2D eigenvalue weighted by atomic mass is 10.4. The lowest BCUT2D eigenvalue weighted by Crippen LogP contribution is -1.96. The molecule has 0 amide bonds. The predicted octanol–water partition coefficient (Wildman–Crippen LogP) is 2.30. The Morgan fingerprint density at radius 1 is 1.82 bits per heavy atom. The number of nitrogens with zero attached hydrogens (tertiary/aromatic N) is 1. The average molecular weight is 168 g/mol. The van der Waals surface area contributed by atoms with Crippen LogP contribution in [0.2, 0.25) is 0 Å². The molecule has 0 aromatic carbocycles. The third kappa shape index (κ3) is 2.35. The molecule has 3 heteroatoms. The van der Waals surface area contributed by atoms with E-state index >= 15 is 0 Å². The molecule has 0 fully saturated rings. The predicted molar refractivity (Wildman–Crippen MR) is 50.2 cm³/mol. The maximum absolute atomic E-state index is 4.33. The molecular weight excluding hydrogens is 156 g/mol. The Hall–Kier alpha value is -0.830. The quantitative estimate of drug-likeness (QED) is 0.698. The van der Waals surface area contributed by atoms with Crippen molar-refractivity contribution in [3.05, 3.63) is 23.7 Å². The average Bonchev–Trinajstić information content (AvgIpc) is 2.48. The summed E-state index contributed by atoms with van der Waals surface area (Å²) in [5.41, 5.74) is 1.15. The standard InChI is InChI=1S/C8H12N2S/c1-3-5-9-8-10-7(4-2)6-11-8/h3,6H,1,4-5H2,2H3,(H,9,10). The first-order chi connectivity index (χ1) is 5.36. The fraction of sp³-hybridized carbons (Fsp3) is 0.375. The smallest absolute Gasteiger partial charge is 0.183 e. The summed E-state index contributed by atoms with van der Waals surface area (Å²) in [6, 6.07) is 0. The molecule has 0 saturated heterocycles. The van der Waals surface area contributed by atoms with E-state index in [1.54, 1.807) is 11.3 Å². The van der Waals surface area contributed by atoms with E-state index in [0.29, 0.717) is 0 Å². The Morgan fingerprint density at radius 2 is 2.64 bits per heavy atom. The minimum absolute atomic E-state index is 0.788. The van der Waals surface area contributed by atoms with Crippen LogP contribution in [0.3, 0.4) is 0 Å². The van der Waals surface area contributed by atoms with Crippen molar-refractivity contribution in [1.82, 2.24) is 4.98 Å². The molecule has 0 saturated carbocycles. The highest BCUT2D eigenvalue weighted by Gasteiger charge is 1.96. The van der Waals surface area contributed by atoms with Crippen molar-refractivity contribution < 1.29 is 0 Å². The second-order valence-electron chi connectivity index (χ2n) is 2.17. The maximum atomic E-state index is 4.33. The van der Waals surface area contributed by atoms with Crippen molar-refractivity contribution in [2.75, 3.05) is 11.9 Å². The molecule has 11 heavy (non-hydrogen) atoms. The number of hydrogen-bond acceptors (Lipinski definition) is 3. The zero-order valence-corrected chi connectivity index (χ0v) is 7.45. The monoisotopic (exact) mass is 168 g/mol. The van der Waals surface area contributed by atoms with Crippen LogP contribution < -0.4 is 5.32 Å². The minimum atomic E-state index is 0.788. The van der Waals surface area contributed by atoms with E-state index in [-0.39, 0.29) is 0 Å². The van der Waals surface area contributed by atoms with E-state index in [1.165, 1.54) is 0 Å². The molecule has 0 radical (unpaired) electrons. The van der Waals surface area contributed by atoms with Gasteiger partial charge in [-0.1, -0.05) is 13.0 Å². The van der Waals surface area contributed by atoms with Gasteiger partial charge in [-0.05, 0) is 6.42 Å². The van der Waals surface area contributed by atoms with Gasteiger partial charge in [0.05, 0.1) is 5.69 Å². The van der Waals surface area contributed by atoms with Gasteiger partial charge >= 0.3 is 0 Å². The van der Waals surface area contributed by atoms with Crippen LogP contribution in [0.15, 0.2) is 18.0 Å². The molecule has 1 rings (SSSR count). The molecule has 1 aromatic heterocycles. The lowest BCUT2D eigenvalue weighted by molar-refractivity contribution is 1.06. The van der Waals surface area contributed by atoms with E-state index in [0.717, 1.165) is 23.8 Å². The molecule has 0 aliphatic carbocycles. The topological polar surface area (TPSA) is 24.9 Å². The van der Waals surface area contributed by atoms with Gasteiger partial charge in [0, 0.05) is 11.9 Å². The second kappa shape index (κ2) is 4.13. The van der Waals surface area contributed by atoms with Gasteiger partial charge in [-0.15, -0.1) is 17.9 Å². The van der Waals surface area contributed by atoms with Crippen molar-refractivity contribution in [3.63, 3.8) is 0 Å². The lowest BCUT2D eigenvalue weighted by Gasteiger charge is -1.94. The molecule has 1 aromatic rings. The molecule has 0 unspecified atom stereocenters. The maximum Gasteiger partial charge on any atom is 0.183 e. The Balaban J connectivity index is 2.50. The van der Waals surface area contributed by atoms with Crippen LogP contribution in [0.4, 0.5) is 5.13 Å². The Kier molecular flexibility index (Phi) is 3.11. The number of aryl methyl sites for hydroxylation is 1. The molecule has 0 atom stereocenters. The third-order valence-corrected chi connectivity index (χ3v) is 2.16. The molecule has 1 N–H and O–H groups in total. The van der Waals surface area contributed by atoms with Crippen molar-refractivity contribution >= 4 is 16.5 Å². The van der Waals surface area contributed by atoms with E-state index in [2.05, 4.69) is 29.2 Å². The van der Waals surface area contributed by atoms with E-state index in [9.17, 15) is 0 Å². The molecule has 1 heterocycles. The number of nitrogens with one attached hydrogen (secondary N) is 1. The van der Waals surface area contributed by atoms with Crippen LogP contribution in [-0.2, 0) is 6.42 Å². The fourth-order valence-corrected chi connectivity index (χ4v) is 1.51. The van der Waals surface area contributed by atoms with Gasteiger partial charge in [0.1, 0.15) is 0 Å². The van der Waals surface area contributed by atoms with Gasteiger partial charge in [0.2, 0.25) is 0 Å². The molecule has 0 aliphatic heterocycles. The first-order valence-corrected chi connectivity index (χ1v) is 4.54. The number of aromatic nitrogens is 1. The Morgan fingerprint density at radius 3 is 3.18 bits per heavy atom. The Labute approximate surface area is 71.0 Å². The zero-order chi connectivity index (χ0) is 8.10. The van der Waals surface area contributed by atoms with Crippen molar-refractivity contribution in [2.24, 2.45) is 0 Å². The van der Waals surface area contributed by atoms with E-state index in [4.69, 9.17) is 0 Å². The van der Waals surface area contributed by atoms with Crippen LogP contribution in [0.25, 0.3) is 0 Å². The normalized spacial score (nSPS) is 9.55. The van der Waals surface area contributed by atoms with Gasteiger partial charge in [-0.2, -0.15) is 0 Å². The largest absolute Gasteiger partial charge is 0.358 e. The molecule has 60 valence electrons. The van der Waals surface area contributed by atoms with Crippen LogP contribution in [0, 0.1) is 0 Å². The minimum Gasteiger partial charge on any atom is -0.358 e. The first kappa shape index (κ1) is 8.27. The van der Waals surface area contributed by atoms with Crippen LogP contribution in [0.1, 0.15) is 12.6 Å². The van der Waals surface area contributed by atoms with Crippen LogP contribution in [-0.4, -0.2) is 11.5 Å². The van der Waals surface area contributed by atoms with Gasteiger partial charge in [0.25, 0.3) is 0 Å². The van der Waals surface area contributed by atoms with Crippen molar-refractivity contribution in [1.29, 1.82) is 0 Å². The highest BCUT2D eigenvalue weighted by molar-refractivity contribution is 7.13. The summed E-state index contributed by atoms with van der Waals surface area (Å²) in [7, 11) is 0. The number of thiazole rings is 1. The van der Waals surface area contributed by atoms with Gasteiger partial charge in [-0.3, -0.25) is 0 Å². The first-order valence-electron chi connectivity index (χ1n) is 3.66. The SMILES string of the molecule is C=CCNc1nc(CC)cs1. The summed E-state index contributed by atoms with van der Waals surface area (Å²) in [5.74, 6) is 0. The summed E-state index contributed by atoms with van der Waals surface area (Å²) >= 11 is 1.64. The van der Waals surface area contributed by atoms with E-state index < -0.39 is 0 Å². The summed E-state index contributed by atoms with van der Waals surface area (Å²) in [6.45, 7) is 6.51. The van der Waals surface area contributed by atoms with Crippen molar-refractivity contribution in [3.8, 4) is 0 Å². The number of rotatable bonds is 4. The second-order valence-corrected chi connectivity index (χ2v) is 3.03. The molecule has 0 spiro atoms. The summed E-state index contributed by atoms with van der Waals surface area (Å²) in [6.07, 6.45) is 2.83. The fourth-order valence-electron chi connectivity index (χ4n) is 0.710.